The van der Waals surface area contributed by atoms with E-state index < -0.39 is 5.54 Å². The summed E-state index contributed by atoms with van der Waals surface area (Å²) in [6.07, 6.45) is 5.78. The van der Waals surface area contributed by atoms with Crippen molar-refractivity contribution >= 4 is 23.8 Å². The highest BCUT2D eigenvalue weighted by Crippen LogP contribution is 2.30. The molecule has 0 unspecified atom stereocenters. The van der Waals surface area contributed by atoms with Crippen molar-refractivity contribution in [1.82, 2.24) is 4.90 Å². The van der Waals surface area contributed by atoms with Gasteiger partial charge in [0.15, 0.2) is 5.78 Å². The van der Waals surface area contributed by atoms with Crippen LogP contribution < -0.4 is 4.74 Å². The van der Waals surface area contributed by atoms with E-state index in [2.05, 4.69) is 17.0 Å². The van der Waals surface area contributed by atoms with Crippen molar-refractivity contribution in [2.45, 2.75) is 61.3 Å². The van der Waals surface area contributed by atoms with Gasteiger partial charge in [-0.05, 0) is 63.1 Å². The molecule has 0 aromatic heterocycles. The van der Waals surface area contributed by atoms with Crippen molar-refractivity contribution < 1.29 is 19.1 Å². The summed E-state index contributed by atoms with van der Waals surface area (Å²) >= 11 is 1.67. The number of benzene rings is 2. The Morgan fingerprint density at radius 2 is 1.58 bits per heavy atom. The second kappa shape index (κ2) is 12.9. The zero-order valence-corrected chi connectivity index (χ0v) is 20.6. The number of Topliss-reactive ketones (excluding diaryl/α,β-unsaturated/α-hetero) is 1. The van der Waals surface area contributed by atoms with Crippen LogP contribution in [0.5, 0.6) is 5.75 Å². The van der Waals surface area contributed by atoms with E-state index in [9.17, 15) is 9.59 Å². The lowest BCUT2D eigenvalue weighted by Crippen LogP contribution is -2.54. The first-order valence-corrected chi connectivity index (χ1v) is 12.6. The number of carbonyl (C=O) groups is 2. The molecule has 6 heteroatoms. The van der Waals surface area contributed by atoms with Crippen LogP contribution >= 0.6 is 11.8 Å². The number of nitrogens with zero attached hydrogens (tertiary/aromatic N) is 1. The Bertz CT molecular complexity index is 874. The average Bonchev–Trinajstić information content (AvgIpc) is 2.85. The normalized spacial score (nSPS) is 14.7. The van der Waals surface area contributed by atoms with Crippen molar-refractivity contribution in [3.63, 3.8) is 0 Å². The van der Waals surface area contributed by atoms with E-state index in [1.807, 2.05) is 50.2 Å². The van der Waals surface area contributed by atoms with Gasteiger partial charge < -0.3 is 14.3 Å². The van der Waals surface area contributed by atoms with E-state index >= 15 is 0 Å². The van der Waals surface area contributed by atoms with Crippen molar-refractivity contribution in [2.24, 2.45) is 0 Å². The number of ether oxygens (including phenoxy) is 2. The molecule has 0 saturated carbocycles. The number of rotatable bonds is 13. The molecule has 1 fully saturated rings. The zero-order valence-electron chi connectivity index (χ0n) is 19.8. The maximum atomic E-state index is 13.1. The highest BCUT2D eigenvalue weighted by atomic mass is 32.2. The van der Waals surface area contributed by atoms with Crippen LogP contribution in [-0.2, 0) is 9.53 Å². The lowest BCUT2D eigenvalue weighted by atomic mass is 9.91. The first-order valence-electron chi connectivity index (χ1n) is 11.8. The van der Waals surface area contributed by atoms with Crippen molar-refractivity contribution in [1.29, 1.82) is 0 Å². The monoisotopic (exact) mass is 469 g/mol. The van der Waals surface area contributed by atoms with Crippen molar-refractivity contribution in [3.05, 3.63) is 54.1 Å². The summed E-state index contributed by atoms with van der Waals surface area (Å²) in [4.78, 5) is 27.9. The lowest BCUT2D eigenvalue weighted by molar-refractivity contribution is -0.107. The molecule has 2 aromatic carbocycles. The van der Waals surface area contributed by atoms with Gasteiger partial charge in [0, 0.05) is 34.9 Å². The second-order valence-corrected chi connectivity index (χ2v) is 9.95. The van der Waals surface area contributed by atoms with Gasteiger partial charge in [0.05, 0.1) is 25.4 Å². The van der Waals surface area contributed by atoms with Gasteiger partial charge in [-0.15, -0.1) is 0 Å². The van der Waals surface area contributed by atoms with E-state index in [1.165, 1.54) is 0 Å². The number of hydrogen-bond acceptors (Lipinski definition) is 6. The topological polar surface area (TPSA) is 55.8 Å². The Labute approximate surface area is 201 Å². The van der Waals surface area contributed by atoms with Gasteiger partial charge in [-0.2, -0.15) is 0 Å². The Kier molecular flexibility index (Phi) is 9.97. The number of ketones is 1. The molecule has 0 N–H and O–H groups in total. The molecule has 1 saturated heterocycles. The maximum absolute atomic E-state index is 13.1. The molecule has 5 nitrogen and oxygen atoms in total. The number of unbranched alkanes of at least 4 members (excludes halogenated alkanes) is 4. The van der Waals surface area contributed by atoms with Gasteiger partial charge in [-0.3, -0.25) is 9.69 Å². The number of aldehydes is 1. The minimum absolute atomic E-state index is 0.145. The molecule has 0 spiro atoms. The number of carbonyl (C=O) groups excluding carboxylic acids is 2. The van der Waals surface area contributed by atoms with Crippen LogP contribution in [0.4, 0.5) is 0 Å². The smallest absolute Gasteiger partial charge is 0.182 e. The Morgan fingerprint density at radius 1 is 0.970 bits per heavy atom. The third-order valence-electron chi connectivity index (χ3n) is 6.02. The molecule has 2 aromatic rings. The molecule has 33 heavy (non-hydrogen) atoms. The van der Waals surface area contributed by atoms with Crippen LogP contribution in [0.1, 0.15) is 56.3 Å². The van der Waals surface area contributed by atoms with E-state index in [1.54, 1.807) is 11.8 Å². The largest absolute Gasteiger partial charge is 0.494 e. The molecular weight excluding hydrogens is 434 g/mol. The Hall–Kier alpha value is -2.15. The van der Waals surface area contributed by atoms with Gasteiger partial charge in [-0.1, -0.05) is 36.7 Å². The summed E-state index contributed by atoms with van der Waals surface area (Å²) in [5.41, 5.74) is 0.204. The summed E-state index contributed by atoms with van der Waals surface area (Å²) in [5, 5.41) is 0. The first-order chi connectivity index (χ1) is 16.0. The summed E-state index contributed by atoms with van der Waals surface area (Å²) in [5.74, 6) is 1.02. The van der Waals surface area contributed by atoms with Crippen LogP contribution in [0.25, 0.3) is 0 Å². The van der Waals surface area contributed by atoms with E-state index in [0.717, 1.165) is 66.2 Å². The van der Waals surface area contributed by atoms with Gasteiger partial charge in [0.1, 0.15) is 12.0 Å². The Balaban J connectivity index is 1.47. The van der Waals surface area contributed by atoms with Crippen LogP contribution in [0.2, 0.25) is 0 Å². The summed E-state index contributed by atoms with van der Waals surface area (Å²) < 4.78 is 11.2. The molecule has 0 bridgehead atoms. The fourth-order valence-electron chi connectivity index (χ4n) is 3.91. The molecule has 0 aliphatic carbocycles. The molecule has 1 aliphatic heterocycles. The van der Waals surface area contributed by atoms with Crippen LogP contribution in [-0.4, -0.2) is 55.4 Å². The third-order valence-corrected chi connectivity index (χ3v) is 7.03. The molecule has 0 atom stereocenters. The Morgan fingerprint density at radius 3 is 2.21 bits per heavy atom. The van der Waals surface area contributed by atoms with Gasteiger partial charge >= 0.3 is 0 Å². The standard InChI is InChI=1S/C27H35NO4S/c1-27(2,28-16-20-31-21-17-28)26(30)22-8-12-24(13-9-22)33-25-14-10-23(11-15-25)32-19-7-5-3-4-6-18-29/h8-15,18H,3-7,16-17,19-21H2,1-2H3. The number of morpholine rings is 1. The fourth-order valence-corrected chi connectivity index (χ4v) is 4.72. The predicted octanol–water partition coefficient (Wildman–Crippen LogP) is 5.66. The maximum Gasteiger partial charge on any atom is 0.182 e. The SMILES string of the molecule is CC(C)(C(=O)c1ccc(Sc2ccc(OCCCCCCC=O)cc2)cc1)N1CCOCC1. The molecule has 0 radical (unpaired) electrons. The average molecular weight is 470 g/mol. The van der Waals surface area contributed by atoms with Crippen LogP contribution in [0.3, 0.4) is 0 Å². The van der Waals surface area contributed by atoms with Crippen LogP contribution in [0, 0.1) is 0 Å². The lowest BCUT2D eigenvalue weighted by Gasteiger charge is -2.39. The second-order valence-electron chi connectivity index (χ2n) is 8.80. The van der Waals surface area contributed by atoms with Crippen molar-refractivity contribution in [3.8, 4) is 5.75 Å². The van der Waals surface area contributed by atoms with E-state index in [0.29, 0.717) is 26.2 Å². The minimum atomic E-state index is -0.538. The molecular formula is C27H35NO4S. The minimum Gasteiger partial charge on any atom is -0.494 e. The zero-order chi connectivity index (χ0) is 23.5. The fraction of sp³-hybridized carbons (Fsp3) is 0.481. The summed E-state index contributed by atoms with van der Waals surface area (Å²) in [6, 6.07) is 16.0. The van der Waals surface area contributed by atoms with Gasteiger partial charge in [-0.25, -0.2) is 0 Å². The quantitative estimate of drug-likeness (QED) is 0.214. The molecule has 1 heterocycles. The third kappa shape index (κ3) is 7.70. The molecule has 3 rings (SSSR count). The molecule has 0 amide bonds. The summed E-state index contributed by atoms with van der Waals surface area (Å²) in [7, 11) is 0. The summed E-state index contributed by atoms with van der Waals surface area (Å²) in [6.45, 7) is 7.63. The van der Waals surface area contributed by atoms with Gasteiger partial charge in [0.25, 0.3) is 0 Å². The molecule has 1 aliphatic rings. The van der Waals surface area contributed by atoms with Crippen molar-refractivity contribution in [2.75, 3.05) is 32.9 Å². The predicted molar refractivity (Wildman–Crippen MR) is 132 cm³/mol. The molecule has 178 valence electrons. The highest BCUT2D eigenvalue weighted by molar-refractivity contribution is 7.99. The first kappa shape index (κ1) is 25.5. The van der Waals surface area contributed by atoms with Crippen LogP contribution in [0.15, 0.2) is 58.3 Å². The van der Waals surface area contributed by atoms with Gasteiger partial charge in [0.2, 0.25) is 0 Å². The van der Waals surface area contributed by atoms with E-state index in [-0.39, 0.29) is 5.78 Å². The van der Waals surface area contributed by atoms with E-state index in [4.69, 9.17) is 9.47 Å². The number of hydrogen-bond donors (Lipinski definition) is 0. The highest BCUT2D eigenvalue weighted by Gasteiger charge is 2.35.